The van der Waals surface area contributed by atoms with Gasteiger partial charge in [-0.2, -0.15) is 0 Å². The number of aromatic nitrogens is 3. The lowest BCUT2D eigenvalue weighted by atomic mass is 9.75. The van der Waals surface area contributed by atoms with E-state index in [4.69, 9.17) is 0 Å². The minimum atomic E-state index is -0.516. The zero-order valence-corrected chi connectivity index (χ0v) is 14.5. The van der Waals surface area contributed by atoms with Crippen LogP contribution in [-0.2, 0) is 24.7 Å². The van der Waals surface area contributed by atoms with Crippen LogP contribution in [0.2, 0.25) is 0 Å². The van der Waals surface area contributed by atoms with Crippen molar-refractivity contribution in [1.29, 1.82) is 0 Å². The number of carbonyl (C=O) groups excluding carboxylic acids is 1. The van der Waals surface area contributed by atoms with E-state index in [1.165, 1.54) is 13.2 Å². The van der Waals surface area contributed by atoms with Crippen molar-refractivity contribution in [2.75, 3.05) is 0 Å². The summed E-state index contributed by atoms with van der Waals surface area (Å²) in [5, 5.41) is 12.6. The lowest BCUT2D eigenvalue weighted by Gasteiger charge is -2.38. The standard InChI is InChI=1S/C18H22N4O4/c1-22-17(25)13(10-20-18(22)26)9-16(24)21-15(12-7-14(23)8-12)6-11-2-4-19-5-3-11/h2-5,10,12,14-15,23H,6-9H2,1H3,(H,20,26)(H,21,24). The molecule has 2 heterocycles. The Morgan fingerprint density at radius 1 is 1.38 bits per heavy atom. The number of amides is 1. The molecule has 138 valence electrons. The van der Waals surface area contributed by atoms with Gasteiger partial charge in [-0.3, -0.25) is 19.1 Å². The monoisotopic (exact) mass is 358 g/mol. The Morgan fingerprint density at radius 3 is 2.73 bits per heavy atom. The molecular weight excluding hydrogens is 336 g/mol. The van der Waals surface area contributed by atoms with Crippen LogP contribution in [-0.4, -0.2) is 37.7 Å². The maximum Gasteiger partial charge on any atom is 0.328 e. The molecule has 2 aromatic rings. The van der Waals surface area contributed by atoms with Crippen molar-refractivity contribution in [2.24, 2.45) is 13.0 Å². The highest BCUT2D eigenvalue weighted by molar-refractivity contribution is 5.78. The van der Waals surface area contributed by atoms with Crippen LogP contribution < -0.4 is 16.6 Å². The van der Waals surface area contributed by atoms with Crippen LogP contribution in [0.4, 0.5) is 0 Å². The highest BCUT2D eigenvalue weighted by atomic mass is 16.3. The van der Waals surface area contributed by atoms with Crippen molar-refractivity contribution in [3.63, 3.8) is 0 Å². The van der Waals surface area contributed by atoms with Gasteiger partial charge in [-0.1, -0.05) is 0 Å². The number of nitrogens with zero attached hydrogens (tertiary/aromatic N) is 2. The first kappa shape index (κ1) is 18.1. The Labute approximate surface area is 149 Å². The summed E-state index contributed by atoms with van der Waals surface area (Å²) >= 11 is 0. The van der Waals surface area contributed by atoms with Gasteiger partial charge in [0, 0.05) is 37.2 Å². The van der Waals surface area contributed by atoms with E-state index in [2.05, 4.69) is 15.3 Å². The second-order valence-corrected chi connectivity index (χ2v) is 6.78. The summed E-state index contributed by atoms with van der Waals surface area (Å²) in [5.74, 6) is -0.0878. The molecule has 0 saturated heterocycles. The number of carbonyl (C=O) groups is 1. The number of aliphatic hydroxyl groups excluding tert-OH is 1. The number of hydrogen-bond donors (Lipinski definition) is 3. The molecule has 1 saturated carbocycles. The Balaban J connectivity index is 1.70. The van der Waals surface area contributed by atoms with Crippen molar-refractivity contribution in [3.05, 3.63) is 62.7 Å². The highest BCUT2D eigenvalue weighted by Crippen LogP contribution is 2.31. The zero-order valence-electron chi connectivity index (χ0n) is 14.5. The van der Waals surface area contributed by atoms with E-state index in [1.54, 1.807) is 12.4 Å². The van der Waals surface area contributed by atoms with E-state index in [9.17, 15) is 19.5 Å². The maximum absolute atomic E-state index is 12.5. The van der Waals surface area contributed by atoms with E-state index in [0.29, 0.717) is 19.3 Å². The molecule has 1 aliphatic carbocycles. The Bertz CT molecular complexity index is 884. The van der Waals surface area contributed by atoms with Gasteiger partial charge in [0.05, 0.1) is 12.5 Å². The predicted octanol–water partition coefficient (Wildman–Crippen LogP) is -0.490. The molecule has 8 nitrogen and oxygen atoms in total. The van der Waals surface area contributed by atoms with Gasteiger partial charge < -0.3 is 15.4 Å². The predicted molar refractivity (Wildman–Crippen MR) is 94.6 cm³/mol. The minimum absolute atomic E-state index is 0.106. The Hall–Kier alpha value is -2.74. The summed E-state index contributed by atoms with van der Waals surface area (Å²) in [5.41, 5.74) is 0.291. The highest BCUT2D eigenvalue weighted by Gasteiger charge is 2.34. The van der Waals surface area contributed by atoms with Crippen LogP contribution in [0.15, 0.2) is 40.3 Å². The summed E-state index contributed by atoms with van der Waals surface area (Å²) in [4.78, 5) is 42.4. The van der Waals surface area contributed by atoms with Gasteiger partial charge in [-0.25, -0.2) is 4.79 Å². The molecule has 3 rings (SSSR count). The lowest BCUT2D eigenvalue weighted by molar-refractivity contribution is -0.122. The van der Waals surface area contributed by atoms with E-state index in [-0.39, 0.29) is 36.0 Å². The van der Waals surface area contributed by atoms with Crippen molar-refractivity contribution >= 4 is 5.91 Å². The molecule has 2 aromatic heterocycles. The third kappa shape index (κ3) is 4.08. The van der Waals surface area contributed by atoms with Crippen LogP contribution in [0.5, 0.6) is 0 Å². The fraction of sp³-hybridized carbons (Fsp3) is 0.444. The summed E-state index contributed by atoms with van der Waals surface area (Å²) in [7, 11) is 1.37. The average molecular weight is 358 g/mol. The van der Waals surface area contributed by atoms with Gasteiger partial charge in [0.25, 0.3) is 5.56 Å². The van der Waals surface area contributed by atoms with E-state index >= 15 is 0 Å². The second-order valence-electron chi connectivity index (χ2n) is 6.78. The fourth-order valence-corrected chi connectivity index (χ4v) is 3.24. The number of aromatic amines is 1. The number of pyridine rings is 1. The van der Waals surface area contributed by atoms with Crippen molar-refractivity contribution in [3.8, 4) is 0 Å². The topological polar surface area (TPSA) is 117 Å². The van der Waals surface area contributed by atoms with Crippen molar-refractivity contribution in [2.45, 2.75) is 37.8 Å². The molecule has 0 radical (unpaired) electrons. The van der Waals surface area contributed by atoms with Crippen LogP contribution in [0.25, 0.3) is 0 Å². The summed E-state index contributed by atoms with van der Waals surface area (Å²) in [6.07, 6.45) is 6.20. The van der Waals surface area contributed by atoms with Gasteiger partial charge in [0.2, 0.25) is 5.91 Å². The van der Waals surface area contributed by atoms with Gasteiger partial charge >= 0.3 is 5.69 Å². The van der Waals surface area contributed by atoms with Crippen LogP contribution in [0.1, 0.15) is 24.0 Å². The minimum Gasteiger partial charge on any atom is -0.393 e. The molecule has 1 amide bonds. The largest absolute Gasteiger partial charge is 0.393 e. The Morgan fingerprint density at radius 2 is 2.08 bits per heavy atom. The molecule has 8 heteroatoms. The third-order valence-corrected chi connectivity index (χ3v) is 4.87. The summed E-state index contributed by atoms with van der Waals surface area (Å²) in [6, 6.07) is 3.66. The first-order valence-corrected chi connectivity index (χ1v) is 8.58. The third-order valence-electron chi connectivity index (χ3n) is 4.87. The number of H-pyrrole nitrogens is 1. The van der Waals surface area contributed by atoms with Crippen molar-refractivity contribution < 1.29 is 9.90 Å². The maximum atomic E-state index is 12.5. The van der Waals surface area contributed by atoms with Crippen molar-refractivity contribution in [1.82, 2.24) is 19.9 Å². The van der Waals surface area contributed by atoms with Gasteiger partial charge in [0.1, 0.15) is 0 Å². The SMILES string of the molecule is Cn1c(=O)[nH]cc(CC(=O)NC(Cc2ccncc2)C2CC(O)C2)c1=O. The van der Waals surface area contributed by atoms with Gasteiger partial charge in [0.15, 0.2) is 0 Å². The number of hydrogen-bond acceptors (Lipinski definition) is 5. The second kappa shape index (κ2) is 7.65. The fourth-order valence-electron chi connectivity index (χ4n) is 3.24. The van der Waals surface area contributed by atoms with Gasteiger partial charge in [-0.05, 0) is 42.9 Å². The van der Waals surface area contributed by atoms with E-state index < -0.39 is 11.2 Å². The average Bonchev–Trinajstić information content (AvgIpc) is 2.60. The van der Waals surface area contributed by atoms with Gasteiger partial charge in [-0.15, -0.1) is 0 Å². The first-order chi connectivity index (χ1) is 12.4. The quantitative estimate of drug-likeness (QED) is 0.644. The molecule has 3 N–H and O–H groups in total. The molecule has 0 aromatic carbocycles. The molecule has 0 aliphatic heterocycles. The van der Waals surface area contributed by atoms with Crippen LogP contribution in [0.3, 0.4) is 0 Å². The molecule has 26 heavy (non-hydrogen) atoms. The molecule has 0 bridgehead atoms. The molecule has 1 fully saturated rings. The van der Waals surface area contributed by atoms with Crippen LogP contribution >= 0.6 is 0 Å². The van der Waals surface area contributed by atoms with E-state index in [0.717, 1.165) is 10.1 Å². The normalized spacial score (nSPS) is 20.2. The molecule has 1 atom stereocenters. The summed E-state index contributed by atoms with van der Waals surface area (Å²) in [6.45, 7) is 0. The number of nitrogens with one attached hydrogen (secondary N) is 2. The van der Waals surface area contributed by atoms with E-state index in [1.807, 2.05) is 12.1 Å². The molecule has 1 aliphatic rings. The summed E-state index contributed by atoms with van der Waals surface area (Å²) < 4.78 is 0.944. The molecular formula is C18H22N4O4. The first-order valence-electron chi connectivity index (χ1n) is 8.58. The molecule has 1 unspecified atom stereocenters. The number of aliphatic hydroxyl groups is 1. The lowest BCUT2D eigenvalue weighted by Crippen LogP contribution is -2.49. The Kier molecular flexibility index (Phi) is 5.32. The smallest absolute Gasteiger partial charge is 0.328 e. The molecule has 0 spiro atoms. The zero-order chi connectivity index (χ0) is 18.7. The van der Waals surface area contributed by atoms with Crippen LogP contribution in [0, 0.1) is 5.92 Å². The number of rotatable bonds is 6.